The topological polar surface area (TPSA) is 80.8 Å². The Kier molecular flexibility index (Phi) is 3.65. The van der Waals surface area contributed by atoms with Crippen molar-refractivity contribution >= 4 is 17.4 Å². The van der Waals surface area contributed by atoms with Crippen LogP contribution >= 0.6 is 0 Å². The van der Waals surface area contributed by atoms with E-state index in [4.69, 9.17) is 18.9 Å². The number of likely N-dealkylation sites (N-methyl/N-ethyl adjacent to an activating group) is 1. The molecule has 8 rings (SSSR count). The first kappa shape index (κ1) is 19.3. The van der Waals surface area contributed by atoms with Crippen molar-refractivity contribution in [3.8, 4) is 11.5 Å². The van der Waals surface area contributed by atoms with Crippen LogP contribution in [0, 0.1) is 11.8 Å². The number of rotatable bonds is 2. The number of ketones is 1. The lowest BCUT2D eigenvalue weighted by atomic mass is 9.54. The molecule has 5 saturated heterocycles. The zero-order valence-electron chi connectivity index (χ0n) is 18.6. The average Bonchev–Trinajstić information content (AvgIpc) is 3.39. The molecular formula is C24H28N2O6. The molecule has 0 unspecified atom stereocenters. The highest BCUT2D eigenvalue weighted by Gasteiger charge is 2.76. The minimum absolute atomic E-state index is 0.000843. The van der Waals surface area contributed by atoms with Crippen molar-refractivity contribution in [3.63, 3.8) is 0 Å². The van der Waals surface area contributed by atoms with Gasteiger partial charge in [-0.3, -0.25) is 9.59 Å². The highest BCUT2D eigenvalue weighted by Crippen LogP contribution is 2.66. The van der Waals surface area contributed by atoms with Crippen molar-refractivity contribution in [2.24, 2.45) is 11.8 Å². The molecular weight excluding hydrogens is 412 g/mol. The van der Waals surface area contributed by atoms with E-state index in [2.05, 4.69) is 11.9 Å². The highest BCUT2D eigenvalue weighted by molar-refractivity contribution is 6.08. The van der Waals surface area contributed by atoms with Crippen molar-refractivity contribution in [2.75, 3.05) is 45.9 Å². The summed E-state index contributed by atoms with van der Waals surface area (Å²) in [6.07, 6.45) is 1.28. The second-order valence-electron chi connectivity index (χ2n) is 10.3. The zero-order valence-corrected chi connectivity index (χ0v) is 18.6. The standard InChI is InChI=1S/C24H28N2O6/c1-25-7-6-23-12-4-5-14(29-2)21(30-3)20(12)26-18(28)9-15-19(22(23)26)13(8-16(23)27)24(11-25)17(32-24)10-31-15/h4-5,13,15,17,19,22H,6-11H2,1-3H3/t13-,15+,17-,19+,22+,23+,24+/m1/s1. The Morgan fingerprint density at radius 1 is 1.16 bits per heavy atom. The summed E-state index contributed by atoms with van der Waals surface area (Å²) in [4.78, 5) is 32.0. The number of carbonyl (C=O) groups is 2. The average molecular weight is 440 g/mol. The Bertz CT molecular complexity index is 1060. The lowest BCUT2D eigenvalue weighted by Gasteiger charge is -2.53. The van der Waals surface area contributed by atoms with Gasteiger partial charge in [-0.1, -0.05) is 6.07 Å². The summed E-state index contributed by atoms with van der Waals surface area (Å²) in [6.45, 7) is 2.06. The van der Waals surface area contributed by atoms with Gasteiger partial charge in [0.1, 0.15) is 17.5 Å². The van der Waals surface area contributed by atoms with E-state index < -0.39 is 5.41 Å². The molecule has 4 bridgehead atoms. The SMILES string of the molecule is COc1ccc2c(c1OC)N1C(=O)C[C@@H]3OC[C@H]4O[C@]45CN(C)CC[C@@]24C(=O)C[C@@H]5[C@@H]3[C@H]14. The number of amides is 1. The van der Waals surface area contributed by atoms with Crippen LogP contribution in [0.3, 0.4) is 0 Å². The molecule has 1 saturated carbocycles. The molecule has 1 aromatic carbocycles. The third-order valence-corrected chi connectivity index (χ3v) is 9.17. The summed E-state index contributed by atoms with van der Waals surface area (Å²) in [5.74, 6) is 1.42. The molecule has 0 aromatic heterocycles. The molecule has 7 atom stereocenters. The maximum atomic E-state index is 14.2. The first-order chi connectivity index (χ1) is 15.5. The molecule has 1 aromatic rings. The number of ether oxygens (including phenoxy) is 4. The van der Waals surface area contributed by atoms with E-state index in [1.807, 2.05) is 17.0 Å². The molecule has 32 heavy (non-hydrogen) atoms. The fourth-order valence-electron chi connectivity index (χ4n) is 7.89. The van der Waals surface area contributed by atoms with Crippen LogP contribution in [-0.4, -0.2) is 81.4 Å². The Morgan fingerprint density at radius 2 is 2.00 bits per heavy atom. The van der Waals surface area contributed by atoms with Gasteiger partial charge in [-0.2, -0.15) is 0 Å². The van der Waals surface area contributed by atoms with Crippen molar-refractivity contribution < 1.29 is 28.5 Å². The van der Waals surface area contributed by atoms with Gasteiger partial charge in [0.15, 0.2) is 11.5 Å². The summed E-state index contributed by atoms with van der Waals surface area (Å²) in [6, 6.07) is 3.58. The number of anilines is 1. The van der Waals surface area contributed by atoms with Gasteiger partial charge in [-0.05, 0) is 31.6 Å². The fourth-order valence-corrected chi connectivity index (χ4v) is 7.89. The molecule has 8 heteroatoms. The summed E-state index contributed by atoms with van der Waals surface area (Å²) in [5.41, 5.74) is 0.495. The van der Waals surface area contributed by atoms with Gasteiger partial charge in [-0.25, -0.2) is 0 Å². The molecule has 6 fully saturated rings. The van der Waals surface area contributed by atoms with E-state index in [9.17, 15) is 9.59 Å². The third kappa shape index (κ3) is 2.01. The number of piperidine rings is 1. The van der Waals surface area contributed by atoms with E-state index in [0.29, 0.717) is 43.1 Å². The number of fused-ring (bicyclic) bond motifs is 6. The molecule has 0 N–H and O–H groups in total. The van der Waals surface area contributed by atoms with Crippen LogP contribution in [0.2, 0.25) is 0 Å². The molecule has 1 aliphatic carbocycles. The van der Waals surface area contributed by atoms with Gasteiger partial charge >= 0.3 is 0 Å². The number of methoxy groups -OCH3 is 2. The summed E-state index contributed by atoms with van der Waals surface area (Å²) in [7, 11) is 5.30. The van der Waals surface area contributed by atoms with E-state index in [1.54, 1.807) is 14.2 Å². The lowest BCUT2D eigenvalue weighted by Crippen LogP contribution is -2.67. The molecule has 7 aliphatic rings. The second-order valence-corrected chi connectivity index (χ2v) is 10.3. The predicted molar refractivity (Wildman–Crippen MR) is 113 cm³/mol. The molecule has 8 nitrogen and oxygen atoms in total. The highest BCUT2D eigenvalue weighted by atomic mass is 16.6. The van der Waals surface area contributed by atoms with E-state index in [-0.39, 0.29) is 47.4 Å². The predicted octanol–water partition coefficient (Wildman–Crippen LogP) is 1.14. The molecule has 170 valence electrons. The monoisotopic (exact) mass is 440 g/mol. The molecule has 2 spiro atoms. The lowest BCUT2D eigenvalue weighted by molar-refractivity contribution is -0.144. The summed E-state index contributed by atoms with van der Waals surface area (Å²) >= 11 is 0. The maximum absolute atomic E-state index is 14.2. The van der Waals surface area contributed by atoms with Crippen molar-refractivity contribution in [1.29, 1.82) is 0 Å². The fraction of sp³-hybridized carbons (Fsp3) is 0.667. The second kappa shape index (κ2) is 6.04. The van der Waals surface area contributed by atoms with Crippen LogP contribution in [0.4, 0.5) is 5.69 Å². The van der Waals surface area contributed by atoms with Crippen LogP contribution in [0.15, 0.2) is 12.1 Å². The number of carbonyl (C=O) groups excluding carboxylic acids is 2. The van der Waals surface area contributed by atoms with Crippen molar-refractivity contribution in [3.05, 3.63) is 17.7 Å². The summed E-state index contributed by atoms with van der Waals surface area (Å²) < 4.78 is 24.0. The minimum atomic E-state index is -0.762. The smallest absolute Gasteiger partial charge is 0.230 e. The van der Waals surface area contributed by atoms with Crippen LogP contribution < -0.4 is 14.4 Å². The molecule has 1 amide bonds. The van der Waals surface area contributed by atoms with Crippen LogP contribution in [0.25, 0.3) is 0 Å². The number of hydrogen-bond acceptors (Lipinski definition) is 7. The van der Waals surface area contributed by atoms with Gasteiger partial charge in [-0.15, -0.1) is 0 Å². The molecule has 0 radical (unpaired) electrons. The van der Waals surface area contributed by atoms with Gasteiger partial charge in [0.25, 0.3) is 0 Å². The third-order valence-electron chi connectivity index (χ3n) is 9.17. The summed E-state index contributed by atoms with van der Waals surface area (Å²) in [5, 5.41) is 0. The first-order valence-electron chi connectivity index (χ1n) is 11.5. The van der Waals surface area contributed by atoms with E-state index in [0.717, 1.165) is 18.7 Å². The zero-order chi connectivity index (χ0) is 22.0. The normalized spacial score (nSPS) is 43.6. The van der Waals surface area contributed by atoms with Crippen LogP contribution in [0.1, 0.15) is 24.8 Å². The van der Waals surface area contributed by atoms with Crippen molar-refractivity contribution in [2.45, 2.75) is 48.5 Å². The Hall–Kier alpha value is -2.16. The van der Waals surface area contributed by atoms with Gasteiger partial charge < -0.3 is 28.7 Å². The van der Waals surface area contributed by atoms with Gasteiger partial charge in [0, 0.05) is 24.8 Å². The van der Waals surface area contributed by atoms with Crippen LogP contribution in [-0.2, 0) is 24.5 Å². The van der Waals surface area contributed by atoms with Gasteiger partial charge in [0.05, 0.1) is 50.5 Å². The van der Waals surface area contributed by atoms with Gasteiger partial charge in [0.2, 0.25) is 5.91 Å². The van der Waals surface area contributed by atoms with Crippen LogP contribution in [0.5, 0.6) is 11.5 Å². The minimum Gasteiger partial charge on any atom is -0.493 e. The number of benzene rings is 1. The quantitative estimate of drug-likeness (QED) is 0.638. The number of epoxide rings is 1. The number of nitrogens with zero attached hydrogens (tertiary/aromatic N) is 2. The maximum Gasteiger partial charge on any atom is 0.230 e. The molecule has 6 heterocycles. The van der Waals surface area contributed by atoms with E-state index in [1.165, 1.54) is 0 Å². The number of hydrogen-bond donors (Lipinski definition) is 0. The Labute approximate surface area is 186 Å². The Morgan fingerprint density at radius 3 is 2.78 bits per heavy atom. The number of Topliss-reactive ketones (excluding diaryl/α,β-unsaturated/α-hetero) is 1. The van der Waals surface area contributed by atoms with Crippen molar-refractivity contribution in [1.82, 2.24) is 4.90 Å². The molecule has 6 aliphatic heterocycles. The van der Waals surface area contributed by atoms with E-state index >= 15 is 0 Å². The first-order valence-corrected chi connectivity index (χ1v) is 11.5. The largest absolute Gasteiger partial charge is 0.493 e. The Balaban J connectivity index is 1.53.